The third kappa shape index (κ3) is 1.96. The molecule has 0 spiro atoms. The monoisotopic (exact) mass is 218 g/mol. The molecule has 2 N–H and O–H groups in total. The summed E-state index contributed by atoms with van der Waals surface area (Å²) in [4.78, 5) is 0. The van der Waals surface area contributed by atoms with Crippen molar-refractivity contribution in [3.8, 4) is 0 Å². The van der Waals surface area contributed by atoms with Crippen molar-refractivity contribution >= 4 is 10.9 Å². The predicted molar refractivity (Wildman–Crippen MR) is 66.3 cm³/mol. The summed E-state index contributed by atoms with van der Waals surface area (Å²) in [6.45, 7) is 3.50. The van der Waals surface area contributed by atoms with Crippen LogP contribution in [0.25, 0.3) is 10.9 Å². The van der Waals surface area contributed by atoms with E-state index in [0.717, 1.165) is 6.54 Å². The van der Waals surface area contributed by atoms with Crippen LogP contribution in [-0.4, -0.2) is 17.8 Å². The van der Waals surface area contributed by atoms with Crippen molar-refractivity contribution in [2.24, 2.45) is 5.73 Å². The van der Waals surface area contributed by atoms with Gasteiger partial charge < -0.3 is 15.0 Å². The second-order valence-electron chi connectivity index (χ2n) is 4.07. The van der Waals surface area contributed by atoms with Gasteiger partial charge in [0.1, 0.15) is 0 Å². The highest BCUT2D eigenvalue weighted by atomic mass is 16.5. The van der Waals surface area contributed by atoms with Gasteiger partial charge in [-0.15, -0.1) is 0 Å². The van der Waals surface area contributed by atoms with E-state index in [4.69, 9.17) is 10.5 Å². The van der Waals surface area contributed by atoms with Gasteiger partial charge in [-0.05, 0) is 18.6 Å². The van der Waals surface area contributed by atoms with Gasteiger partial charge in [0.2, 0.25) is 0 Å². The van der Waals surface area contributed by atoms with Crippen LogP contribution >= 0.6 is 0 Å². The summed E-state index contributed by atoms with van der Waals surface area (Å²) in [5, 5.41) is 1.24. The quantitative estimate of drug-likeness (QED) is 0.854. The number of rotatable bonds is 4. The maximum atomic E-state index is 5.75. The average Bonchev–Trinajstić information content (AvgIpc) is 2.68. The third-order valence-electron chi connectivity index (χ3n) is 2.95. The molecule has 1 aromatic carbocycles. The Bertz CT molecular complexity index is 476. The molecular formula is C13H18N2O. The molecule has 1 unspecified atom stereocenters. The lowest BCUT2D eigenvalue weighted by atomic mass is 10.2. The zero-order chi connectivity index (χ0) is 11.5. The number of nitrogens with zero attached hydrogens (tertiary/aromatic N) is 1. The summed E-state index contributed by atoms with van der Waals surface area (Å²) >= 11 is 0. The van der Waals surface area contributed by atoms with Crippen LogP contribution in [0.2, 0.25) is 0 Å². The van der Waals surface area contributed by atoms with Gasteiger partial charge in [0, 0.05) is 37.3 Å². The van der Waals surface area contributed by atoms with Crippen molar-refractivity contribution < 1.29 is 4.74 Å². The minimum Gasteiger partial charge on any atom is -0.380 e. The fourth-order valence-electron chi connectivity index (χ4n) is 1.99. The van der Waals surface area contributed by atoms with Crippen molar-refractivity contribution in [1.82, 2.24) is 4.57 Å². The number of benzene rings is 1. The predicted octanol–water partition coefficient (Wildman–Crippen LogP) is 2.13. The Kier molecular flexibility index (Phi) is 3.27. The Labute approximate surface area is 95.8 Å². The molecular weight excluding hydrogens is 200 g/mol. The first-order valence-corrected chi connectivity index (χ1v) is 5.56. The lowest BCUT2D eigenvalue weighted by Gasteiger charge is -2.11. The molecule has 86 valence electrons. The number of aromatic nitrogens is 1. The van der Waals surface area contributed by atoms with E-state index in [1.54, 1.807) is 7.11 Å². The first-order valence-electron chi connectivity index (χ1n) is 5.56. The number of ether oxygens (including phenoxy) is 1. The average molecular weight is 218 g/mol. The van der Waals surface area contributed by atoms with Crippen LogP contribution < -0.4 is 5.73 Å². The van der Waals surface area contributed by atoms with Gasteiger partial charge in [-0.3, -0.25) is 0 Å². The number of nitrogens with two attached hydrogens (primary N) is 1. The molecule has 0 aliphatic heterocycles. The SMILES string of the molecule is COC(C)Cn1cc(CN)c2ccccc21. The van der Waals surface area contributed by atoms with Crippen molar-refractivity contribution in [2.45, 2.75) is 26.1 Å². The van der Waals surface area contributed by atoms with Crippen LogP contribution in [0.5, 0.6) is 0 Å². The van der Waals surface area contributed by atoms with Gasteiger partial charge in [0.05, 0.1) is 6.10 Å². The highest BCUT2D eigenvalue weighted by Gasteiger charge is 2.08. The maximum Gasteiger partial charge on any atom is 0.0722 e. The van der Waals surface area contributed by atoms with Crippen molar-refractivity contribution in [2.75, 3.05) is 7.11 Å². The first kappa shape index (κ1) is 11.2. The van der Waals surface area contributed by atoms with Crippen molar-refractivity contribution in [3.63, 3.8) is 0 Å². The summed E-state index contributed by atoms with van der Waals surface area (Å²) in [6, 6.07) is 8.34. The molecule has 0 aliphatic rings. The molecule has 0 fully saturated rings. The second-order valence-corrected chi connectivity index (χ2v) is 4.07. The van der Waals surface area contributed by atoms with E-state index in [9.17, 15) is 0 Å². The number of para-hydroxylation sites is 1. The minimum atomic E-state index is 0.210. The van der Waals surface area contributed by atoms with Crippen molar-refractivity contribution in [3.05, 3.63) is 36.0 Å². The van der Waals surface area contributed by atoms with Crippen LogP contribution in [-0.2, 0) is 17.8 Å². The molecule has 1 heterocycles. The van der Waals surface area contributed by atoms with E-state index in [0.29, 0.717) is 6.54 Å². The van der Waals surface area contributed by atoms with E-state index in [-0.39, 0.29) is 6.10 Å². The molecule has 2 rings (SSSR count). The lowest BCUT2D eigenvalue weighted by molar-refractivity contribution is 0.104. The Morgan fingerprint density at radius 3 is 2.81 bits per heavy atom. The maximum absolute atomic E-state index is 5.75. The van der Waals surface area contributed by atoms with Gasteiger partial charge in [0.15, 0.2) is 0 Å². The Morgan fingerprint density at radius 2 is 2.12 bits per heavy atom. The second kappa shape index (κ2) is 4.68. The number of hydrogen-bond acceptors (Lipinski definition) is 2. The molecule has 0 radical (unpaired) electrons. The van der Waals surface area contributed by atoms with Gasteiger partial charge >= 0.3 is 0 Å². The highest BCUT2D eigenvalue weighted by Crippen LogP contribution is 2.21. The van der Waals surface area contributed by atoms with E-state index >= 15 is 0 Å². The summed E-state index contributed by atoms with van der Waals surface area (Å²) in [7, 11) is 1.74. The Hall–Kier alpha value is -1.32. The van der Waals surface area contributed by atoms with Gasteiger partial charge in [-0.25, -0.2) is 0 Å². The van der Waals surface area contributed by atoms with Gasteiger partial charge in [-0.1, -0.05) is 18.2 Å². The van der Waals surface area contributed by atoms with E-state index < -0.39 is 0 Å². The zero-order valence-corrected chi connectivity index (χ0v) is 9.81. The molecule has 1 atom stereocenters. The van der Waals surface area contributed by atoms with Gasteiger partial charge in [-0.2, -0.15) is 0 Å². The molecule has 0 saturated carbocycles. The molecule has 2 aromatic rings. The van der Waals surface area contributed by atoms with E-state index in [2.05, 4.69) is 35.9 Å². The fourth-order valence-corrected chi connectivity index (χ4v) is 1.99. The van der Waals surface area contributed by atoms with E-state index in [1.165, 1.54) is 16.5 Å². The minimum absolute atomic E-state index is 0.210. The summed E-state index contributed by atoms with van der Waals surface area (Å²) in [5.41, 5.74) is 8.17. The summed E-state index contributed by atoms with van der Waals surface area (Å²) in [5.74, 6) is 0. The molecule has 0 amide bonds. The van der Waals surface area contributed by atoms with Gasteiger partial charge in [0.25, 0.3) is 0 Å². The first-order chi connectivity index (χ1) is 7.76. The Morgan fingerprint density at radius 1 is 1.38 bits per heavy atom. The normalized spacial score (nSPS) is 13.2. The summed E-state index contributed by atoms with van der Waals surface area (Å²) in [6.07, 6.45) is 2.33. The lowest BCUT2D eigenvalue weighted by Crippen LogP contribution is -2.13. The molecule has 0 aliphatic carbocycles. The van der Waals surface area contributed by atoms with Crippen molar-refractivity contribution in [1.29, 1.82) is 0 Å². The number of methoxy groups -OCH3 is 1. The van der Waals surface area contributed by atoms with E-state index in [1.807, 2.05) is 6.07 Å². The van der Waals surface area contributed by atoms with Crippen LogP contribution in [0.15, 0.2) is 30.5 Å². The molecule has 0 saturated heterocycles. The standard InChI is InChI=1S/C13H18N2O/c1-10(16-2)8-15-9-11(7-14)12-5-3-4-6-13(12)15/h3-6,9-10H,7-8,14H2,1-2H3. The summed E-state index contributed by atoms with van der Waals surface area (Å²) < 4.78 is 7.51. The van der Waals surface area contributed by atoms with Crippen LogP contribution in [0.4, 0.5) is 0 Å². The molecule has 1 aromatic heterocycles. The molecule has 3 heteroatoms. The van der Waals surface area contributed by atoms with Crippen LogP contribution in [0.1, 0.15) is 12.5 Å². The number of hydrogen-bond donors (Lipinski definition) is 1. The smallest absolute Gasteiger partial charge is 0.0722 e. The topological polar surface area (TPSA) is 40.2 Å². The van der Waals surface area contributed by atoms with Crippen LogP contribution in [0, 0.1) is 0 Å². The molecule has 16 heavy (non-hydrogen) atoms. The molecule has 0 bridgehead atoms. The third-order valence-corrected chi connectivity index (χ3v) is 2.95. The van der Waals surface area contributed by atoms with Crippen LogP contribution in [0.3, 0.4) is 0 Å². The highest BCUT2D eigenvalue weighted by molar-refractivity contribution is 5.83. The Balaban J connectivity index is 2.45. The number of fused-ring (bicyclic) bond motifs is 1. The largest absolute Gasteiger partial charge is 0.380 e. The zero-order valence-electron chi connectivity index (χ0n) is 9.81. The molecule has 3 nitrogen and oxygen atoms in total. The fraction of sp³-hybridized carbons (Fsp3) is 0.385.